The number of nitrogens with zero attached hydrogens (tertiary/aromatic N) is 1. The molecule has 1 heterocycles. The smallest absolute Gasteiger partial charge is 0.253 e. The number of amides is 2. The zero-order valence-electron chi connectivity index (χ0n) is 8.84. The number of hydrogen-bond donors (Lipinski definition) is 2. The maximum absolute atomic E-state index is 11.6. The summed E-state index contributed by atoms with van der Waals surface area (Å²) in [5, 5.41) is 2.27. The molecular formula is C10H13N3O3. The van der Waals surface area contributed by atoms with Gasteiger partial charge in [0.1, 0.15) is 6.04 Å². The topological polar surface area (TPSA) is 94.2 Å². The summed E-state index contributed by atoms with van der Waals surface area (Å²) in [6, 6.07) is 2.44. The number of nitrogens with one attached hydrogen (secondary N) is 1. The van der Waals surface area contributed by atoms with Crippen LogP contribution < -0.4 is 16.6 Å². The molecule has 3 N–H and O–H groups in total. The van der Waals surface area contributed by atoms with E-state index in [1.54, 1.807) is 25.4 Å². The summed E-state index contributed by atoms with van der Waals surface area (Å²) in [4.78, 5) is 32.9. The largest absolute Gasteiger partial charge is 0.368 e. The Balaban J connectivity index is 2.93. The Labute approximate surface area is 92.1 Å². The van der Waals surface area contributed by atoms with Gasteiger partial charge in [0.2, 0.25) is 12.3 Å². The monoisotopic (exact) mass is 223 g/mol. The molecule has 1 aromatic heterocycles. The van der Waals surface area contributed by atoms with Gasteiger partial charge in [0.15, 0.2) is 0 Å². The van der Waals surface area contributed by atoms with E-state index in [1.165, 1.54) is 4.57 Å². The number of carbonyl (C=O) groups excluding carboxylic acids is 2. The molecule has 0 bridgehead atoms. The Morgan fingerprint density at radius 1 is 1.69 bits per heavy atom. The van der Waals surface area contributed by atoms with Crippen molar-refractivity contribution >= 4 is 12.3 Å². The summed E-state index contributed by atoms with van der Waals surface area (Å²) < 4.78 is 1.40. The highest BCUT2D eigenvalue weighted by atomic mass is 16.2. The van der Waals surface area contributed by atoms with Crippen LogP contribution in [0.4, 0.5) is 0 Å². The van der Waals surface area contributed by atoms with E-state index < -0.39 is 11.9 Å². The minimum atomic E-state index is -0.854. The fourth-order valence-corrected chi connectivity index (χ4v) is 1.35. The number of nitrogens with two attached hydrogens (primary N) is 1. The van der Waals surface area contributed by atoms with Crippen LogP contribution in [0.25, 0.3) is 0 Å². The molecule has 0 radical (unpaired) electrons. The Morgan fingerprint density at radius 3 is 2.94 bits per heavy atom. The van der Waals surface area contributed by atoms with Gasteiger partial charge in [-0.1, -0.05) is 6.07 Å². The molecule has 2 amide bonds. The van der Waals surface area contributed by atoms with Crippen molar-refractivity contribution in [3.05, 3.63) is 34.2 Å². The number of rotatable bonds is 5. The highest BCUT2D eigenvalue weighted by Gasteiger charge is 2.16. The van der Waals surface area contributed by atoms with Gasteiger partial charge in [-0.2, -0.15) is 0 Å². The van der Waals surface area contributed by atoms with Gasteiger partial charge in [0, 0.05) is 25.2 Å². The molecule has 6 nitrogen and oxygen atoms in total. The summed E-state index contributed by atoms with van der Waals surface area (Å²) in [6.45, 7) is 0. The van der Waals surface area contributed by atoms with E-state index in [2.05, 4.69) is 5.32 Å². The van der Waals surface area contributed by atoms with Crippen LogP contribution in [0, 0.1) is 0 Å². The Hall–Kier alpha value is -2.11. The Bertz CT molecular complexity index is 453. The zero-order chi connectivity index (χ0) is 12.1. The van der Waals surface area contributed by atoms with Crippen molar-refractivity contribution in [2.45, 2.75) is 12.5 Å². The fourth-order valence-electron chi connectivity index (χ4n) is 1.35. The predicted molar refractivity (Wildman–Crippen MR) is 57.6 cm³/mol. The first-order chi connectivity index (χ1) is 7.56. The van der Waals surface area contributed by atoms with Crippen molar-refractivity contribution < 1.29 is 9.59 Å². The average Bonchev–Trinajstić information content (AvgIpc) is 2.23. The van der Waals surface area contributed by atoms with Gasteiger partial charge in [0.05, 0.1) is 0 Å². The molecule has 0 saturated carbocycles. The summed E-state index contributed by atoms with van der Waals surface area (Å²) in [5.41, 5.74) is 5.32. The highest BCUT2D eigenvalue weighted by Crippen LogP contribution is 1.97. The molecule has 0 aliphatic carbocycles. The van der Waals surface area contributed by atoms with Crippen molar-refractivity contribution in [3.63, 3.8) is 0 Å². The first kappa shape index (κ1) is 12.0. The van der Waals surface area contributed by atoms with E-state index in [0.717, 1.165) is 0 Å². The molecule has 1 atom stereocenters. The number of hydrogen-bond acceptors (Lipinski definition) is 3. The first-order valence-corrected chi connectivity index (χ1v) is 4.69. The van der Waals surface area contributed by atoms with E-state index in [0.29, 0.717) is 12.0 Å². The van der Waals surface area contributed by atoms with E-state index in [9.17, 15) is 14.4 Å². The molecule has 16 heavy (non-hydrogen) atoms. The van der Waals surface area contributed by atoms with Gasteiger partial charge in [0.25, 0.3) is 5.56 Å². The lowest BCUT2D eigenvalue weighted by Crippen LogP contribution is -2.43. The molecule has 1 aromatic rings. The minimum Gasteiger partial charge on any atom is -0.368 e. The number of primary amides is 1. The lowest BCUT2D eigenvalue weighted by Gasteiger charge is -2.11. The zero-order valence-corrected chi connectivity index (χ0v) is 8.84. The summed E-state index contributed by atoms with van der Waals surface area (Å²) in [7, 11) is 1.61. The van der Waals surface area contributed by atoms with Crippen molar-refractivity contribution in [1.82, 2.24) is 9.88 Å². The second-order valence-electron chi connectivity index (χ2n) is 3.39. The molecule has 0 aromatic carbocycles. The first-order valence-electron chi connectivity index (χ1n) is 4.69. The summed E-state index contributed by atoms with van der Waals surface area (Å²) >= 11 is 0. The lowest BCUT2D eigenvalue weighted by molar-refractivity contribution is -0.122. The van der Waals surface area contributed by atoms with Crippen LogP contribution in [0.3, 0.4) is 0 Å². The number of carbonyl (C=O) groups is 2. The third-order valence-electron chi connectivity index (χ3n) is 2.24. The van der Waals surface area contributed by atoms with Gasteiger partial charge in [-0.05, 0) is 6.07 Å². The second kappa shape index (κ2) is 5.11. The van der Waals surface area contributed by atoms with Crippen molar-refractivity contribution in [1.29, 1.82) is 0 Å². The normalized spacial score (nSPS) is 11.8. The van der Waals surface area contributed by atoms with Crippen molar-refractivity contribution in [2.75, 3.05) is 0 Å². The molecule has 0 aliphatic heterocycles. The van der Waals surface area contributed by atoms with Crippen LogP contribution in [0.5, 0.6) is 0 Å². The van der Waals surface area contributed by atoms with Gasteiger partial charge in [-0.3, -0.25) is 14.4 Å². The maximum atomic E-state index is 11.6. The molecular weight excluding hydrogens is 210 g/mol. The lowest BCUT2D eigenvalue weighted by atomic mass is 10.1. The van der Waals surface area contributed by atoms with E-state index in [4.69, 9.17) is 5.73 Å². The Morgan fingerprint density at radius 2 is 2.38 bits per heavy atom. The van der Waals surface area contributed by atoms with Crippen molar-refractivity contribution in [2.24, 2.45) is 12.8 Å². The van der Waals surface area contributed by atoms with E-state index >= 15 is 0 Å². The van der Waals surface area contributed by atoms with Gasteiger partial charge >= 0.3 is 0 Å². The quantitative estimate of drug-likeness (QED) is 0.596. The van der Waals surface area contributed by atoms with Gasteiger partial charge in [-0.15, -0.1) is 0 Å². The summed E-state index contributed by atoms with van der Waals surface area (Å²) in [6.07, 6.45) is 2.10. The number of pyridine rings is 1. The van der Waals surface area contributed by atoms with E-state index in [1.807, 2.05) is 0 Å². The van der Waals surface area contributed by atoms with Crippen LogP contribution in [0.15, 0.2) is 23.1 Å². The van der Waals surface area contributed by atoms with Crippen LogP contribution in [-0.2, 0) is 23.1 Å². The van der Waals surface area contributed by atoms with Crippen LogP contribution >= 0.6 is 0 Å². The van der Waals surface area contributed by atoms with Crippen LogP contribution in [0.2, 0.25) is 0 Å². The summed E-state index contributed by atoms with van der Waals surface area (Å²) in [5.74, 6) is -0.669. The fraction of sp³-hybridized carbons (Fsp3) is 0.300. The molecule has 0 spiro atoms. The average molecular weight is 223 g/mol. The molecule has 0 aliphatic rings. The second-order valence-corrected chi connectivity index (χ2v) is 3.39. The maximum Gasteiger partial charge on any atom is 0.253 e. The standard InChI is InChI=1S/C10H13N3O3/c1-13-4-2-3-7(10(13)16)5-8(9(11)15)12-6-14/h2-4,6,8H,5H2,1H3,(H2,11,15)(H,12,14). The SMILES string of the molecule is Cn1cccc(CC(NC=O)C(N)=O)c1=O. The van der Waals surface area contributed by atoms with Gasteiger partial charge in [-0.25, -0.2) is 0 Å². The van der Waals surface area contributed by atoms with Crippen LogP contribution in [-0.4, -0.2) is 22.9 Å². The molecule has 6 heteroatoms. The molecule has 0 fully saturated rings. The molecule has 0 saturated heterocycles. The Kier molecular flexibility index (Phi) is 3.82. The minimum absolute atomic E-state index is 0.0988. The third kappa shape index (κ3) is 2.69. The molecule has 86 valence electrons. The molecule has 1 rings (SSSR count). The van der Waals surface area contributed by atoms with E-state index in [-0.39, 0.29) is 12.0 Å². The van der Waals surface area contributed by atoms with Crippen molar-refractivity contribution in [3.8, 4) is 0 Å². The highest BCUT2D eigenvalue weighted by molar-refractivity contribution is 5.82. The van der Waals surface area contributed by atoms with Gasteiger partial charge < -0.3 is 15.6 Å². The number of aryl methyl sites for hydroxylation is 1. The molecule has 1 unspecified atom stereocenters. The third-order valence-corrected chi connectivity index (χ3v) is 2.24. The predicted octanol–water partition coefficient (Wildman–Crippen LogP) is -1.47. The van der Waals surface area contributed by atoms with Crippen LogP contribution in [0.1, 0.15) is 5.56 Å². The number of aromatic nitrogens is 1.